The molecule has 120 valence electrons. The average Bonchev–Trinajstić information content (AvgIpc) is 2.95. The van der Waals surface area contributed by atoms with Crippen LogP contribution < -0.4 is 5.32 Å². The summed E-state index contributed by atoms with van der Waals surface area (Å²) < 4.78 is 5.29. The molecule has 2 fully saturated rings. The maximum Gasteiger partial charge on any atom is 0.332 e. The molecule has 21 heavy (non-hydrogen) atoms. The Morgan fingerprint density at radius 1 is 1.19 bits per heavy atom. The van der Waals surface area contributed by atoms with Crippen LogP contribution in [0.2, 0.25) is 0 Å². The number of ether oxygens (including phenoxy) is 1. The molecule has 6 nitrogen and oxygen atoms in total. The maximum atomic E-state index is 12.2. The molecule has 2 rings (SSSR count). The number of hydrogen-bond donors (Lipinski definition) is 2. The summed E-state index contributed by atoms with van der Waals surface area (Å²) in [7, 11) is 4.12. The summed E-state index contributed by atoms with van der Waals surface area (Å²) in [6, 6.07) is 0. The highest BCUT2D eigenvalue weighted by atomic mass is 16.5. The maximum absolute atomic E-state index is 12.2. The minimum atomic E-state index is -0.984. The molecule has 2 N–H and O–H groups in total. The zero-order valence-corrected chi connectivity index (χ0v) is 12.9. The number of aliphatic carboxylic acids is 1. The van der Waals surface area contributed by atoms with Crippen LogP contribution in [0.3, 0.4) is 0 Å². The number of nitrogens with zero attached hydrogens (tertiary/aromatic N) is 1. The molecular weight excluding hydrogens is 272 g/mol. The number of amides is 1. The first kappa shape index (κ1) is 16.2. The van der Waals surface area contributed by atoms with Crippen LogP contribution in [0, 0.1) is 0 Å². The molecule has 0 bridgehead atoms. The first-order chi connectivity index (χ1) is 9.94. The average molecular weight is 298 g/mol. The van der Waals surface area contributed by atoms with Crippen molar-refractivity contribution in [3.63, 3.8) is 0 Å². The Labute approximate surface area is 125 Å². The van der Waals surface area contributed by atoms with E-state index in [0.29, 0.717) is 19.4 Å². The lowest BCUT2D eigenvalue weighted by molar-refractivity contribution is -0.151. The molecule has 1 aliphatic heterocycles. The SMILES string of the molecule is CN(C)C1(CNC(=O)C2CCC(C(=O)O)O2)CCCCC1. The van der Waals surface area contributed by atoms with Gasteiger partial charge in [-0.25, -0.2) is 4.79 Å². The van der Waals surface area contributed by atoms with Gasteiger partial charge in [0.25, 0.3) is 0 Å². The number of carboxylic acids is 1. The highest BCUT2D eigenvalue weighted by Crippen LogP contribution is 2.31. The van der Waals surface area contributed by atoms with E-state index in [4.69, 9.17) is 9.84 Å². The van der Waals surface area contributed by atoms with E-state index in [-0.39, 0.29) is 11.4 Å². The first-order valence-electron chi connectivity index (χ1n) is 7.78. The predicted molar refractivity (Wildman–Crippen MR) is 78.0 cm³/mol. The van der Waals surface area contributed by atoms with Crippen LogP contribution in [0.5, 0.6) is 0 Å². The molecular formula is C15H26N2O4. The molecule has 2 unspecified atom stereocenters. The zero-order chi connectivity index (χ0) is 15.5. The summed E-state index contributed by atoms with van der Waals surface area (Å²) in [5.41, 5.74) is 0.0265. The number of carbonyl (C=O) groups is 2. The van der Waals surface area contributed by atoms with Crippen LogP contribution in [0.15, 0.2) is 0 Å². The number of carbonyl (C=O) groups excluding carboxylic acids is 1. The smallest absolute Gasteiger partial charge is 0.332 e. The van der Waals surface area contributed by atoms with Gasteiger partial charge < -0.3 is 20.1 Å². The molecule has 1 amide bonds. The topological polar surface area (TPSA) is 78.9 Å². The van der Waals surface area contributed by atoms with Gasteiger partial charge in [0, 0.05) is 12.1 Å². The van der Waals surface area contributed by atoms with Crippen molar-refractivity contribution in [2.45, 2.75) is 62.7 Å². The van der Waals surface area contributed by atoms with E-state index in [1.807, 2.05) is 0 Å². The molecule has 6 heteroatoms. The number of rotatable bonds is 5. The fraction of sp³-hybridized carbons (Fsp3) is 0.867. The zero-order valence-electron chi connectivity index (χ0n) is 12.9. The van der Waals surface area contributed by atoms with Crippen molar-refractivity contribution in [2.75, 3.05) is 20.6 Å². The molecule has 1 heterocycles. The van der Waals surface area contributed by atoms with E-state index in [0.717, 1.165) is 12.8 Å². The molecule has 0 spiro atoms. The van der Waals surface area contributed by atoms with Gasteiger partial charge in [-0.3, -0.25) is 4.79 Å². The van der Waals surface area contributed by atoms with Crippen molar-refractivity contribution < 1.29 is 19.4 Å². The molecule has 2 atom stereocenters. The lowest BCUT2D eigenvalue weighted by atomic mass is 9.80. The van der Waals surface area contributed by atoms with Crippen molar-refractivity contribution in [2.24, 2.45) is 0 Å². The summed E-state index contributed by atoms with van der Waals surface area (Å²) >= 11 is 0. The Balaban J connectivity index is 1.86. The molecule has 0 radical (unpaired) electrons. The van der Waals surface area contributed by atoms with Gasteiger partial charge in [0.2, 0.25) is 5.91 Å². The van der Waals surface area contributed by atoms with Crippen molar-refractivity contribution in [3.05, 3.63) is 0 Å². The van der Waals surface area contributed by atoms with Crippen molar-refractivity contribution in [1.29, 1.82) is 0 Å². The summed E-state index contributed by atoms with van der Waals surface area (Å²) in [5.74, 6) is -1.16. The summed E-state index contributed by atoms with van der Waals surface area (Å²) in [5, 5.41) is 11.9. The van der Waals surface area contributed by atoms with Gasteiger partial charge in [0.05, 0.1) is 0 Å². The molecule has 0 aromatic rings. The van der Waals surface area contributed by atoms with Gasteiger partial charge in [0.15, 0.2) is 6.10 Å². The fourth-order valence-corrected chi connectivity index (χ4v) is 3.37. The largest absolute Gasteiger partial charge is 0.479 e. The van der Waals surface area contributed by atoms with Crippen LogP contribution in [0.25, 0.3) is 0 Å². The third-order valence-electron chi connectivity index (χ3n) is 4.91. The Morgan fingerprint density at radius 2 is 1.81 bits per heavy atom. The van der Waals surface area contributed by atoms with Gasteiger partial charge in [-0.05, 0) is 39.8 Å². The monoisotopic (exact) mass is 298 g/mol. The lowest BCUT2D eigenvalue weighted by Gasteiger charge is -2.43. The molecule has 2 aliphatic rings. The van der Waals surface area contributed by atoms with E-state index >= 15 is 0 Å². The second kappa shape index (κ2) is 6.75. The highest BCUT2D eigenvalue weighted by molar-refractivity contribution is 5.82. The minimum Gasteiger partial charge on any atom is -0.479 e. The number of hydrogen-bond acceptors (Lipinski definition) is 4. The number of carboxylic acid groups (broad SMARTS) is 1. The van der Waals surface area contributed by atoms with Crippen molar-refractivity contribution in [1.82, 2.24) is 10.2 Å². The van der Waals surface area contributed by atoms with E-state index in [9.17, 15) is 9.59 Å². The molecule has 1 aliphatic carbocycles. The quantitative estimate of drug-likeness (QED) is 0.791. The highest BCUT2D eigenvalue weighted by Gasteiger charge is 2.38. The molecule has 1 saturated carbocycles. The fourth-order valence-electron chi connectivity index (χ4n) is 3.37. The van der Waals surface area contributed by atoms with Gasteiger partial charge >= 0.3 is 5.97 Å². The second-order valence-corrected chi connectivity index (χ2v) is 6.43. The standard InChI is InChI=1S/C15H26N2O4/c1-17(2)15(8-4-3-5-9-15)10-16-13(18)11-6-7-12(21-11)14(19)20/h11-12H,3-10H2,1-2H3,(H,16,18)(H,19,20). The Kier molecular flexibility index (Phi) is 5.22. The van der Waals surface area contributed by atoms with Crippen LogP contribution in [0.4, 0.5) is 0 Å². The van der Waals surface area contributed by atoms with Crippen molar-refractivity contribution >= 4 is 11.9 Å². The van der Waals surface area contributed by atoms with Gasteiger partial charge in [0.1, 0.15) is 6.10 Å². The third-order valence-corrected chi connectivity index (χ3v) is 4.91. The Hall–Kier alpha value is -1.14. The minimum absolute atomic E-state index is 0.0265. The molecule has 1 saturated heterocycles. The number of likely N-dealkylation sites (N-methyl/N-ethyl adjacent to an activating group) is 1. The Bertz CT molecular complexity index is 391. The molecule has 0 aromatic carbocycles. The summed E-state index contributed by atoms with van der Waals surface area (Å²) in [4.78, 5) is 25.2. The van der Waals surface area contributed by atoms with Crippen LogP contribution in [-0.4, -0.2) is 60.3 Å². The third kappa shape index (κ3) is 3.74. The van der Waals surface area contributed by atoms with E-state index < -0.39 is 18.2 Å². The lowest BCUT2D eigenvalue weighted by Crippen LogP contribution is -2.55. The van der Waals surface area contributed by atoms with Crippen LogP contribution in [0.1, 0.15) is 44.9 Å². The molecule has 0 aromatic heterocycles. The normalized spacial score (nSPS) is 28.5. The second-order valence-electron chi connectivity index (χ2n) is 6.43. The van der Waals surface area contributed by atoms with E-state index in [2.05, 4.69) is 24.3 Å². The first-order valence-corrected chi connectivity index (χ1v) is 7.78. The number of nitrogens with one attached hydrogen (secondary N) is 1. The van der Waals surface area contributed by atoms with E-state index in [1.54, 1.807) is 0 Å². The predicted octanol–water partition coefficient (Wildman–Crippen LogP) is 0.999. The van der Waals surface area contributed by atoms with Gasteiger partial charge in [-0.1, -0.05) is 19.3 Å². The van der Waals surface area contributed by atoms with Gasteiger partial charge in [-0.2, -0.15) is 0 Å². The summed E-state index contributed by atoms with van der Waals surface area (Å²) in [6.07, 6.45) is 5.25. The van der Waals surface area contributed by atoms with Crippen LogP contribution >= 0.6 is 0 Å². The van der Waals surface area contributed by atoms with E-state index in [1.165, 1.54) is 19.3 Å². The van der Waals surface area contributed by atoms with Crippen molar-refractivity contribution in [3.8, 4) is 0 Å². The van der Waals surface area contributed by atoms with Crippen LogP contribution in [-0.2, 0) is 14.3 Å². The summed E-state index contributed by atoms with van der Waals surface area (Å²) in [6.45, 7) is 0.608. The Morgan fingerprint density at radius 3 is 2.33 bits per heavy atom. The van der Waals surface area contributed by atoms with Gasteiger partial charge in [-0.15, -0.1) is 0 Å².